The van der Waals surface area contributed by atoms with Crippen molar-refractivity contribution in [2.45, 2.75) is 24.7 Å². The van der Waals surface area contributed by atoms with Crippen molar-refractivity contribution in [2.75, 3.05) is 31.3 Å². The van der Waals surface area contributed by atoms with Gasteiger partial charge in [0.1, 0.15) is 11.6 Å². The van der Waals surface area contributed by atoms with Crippen molar-refractivity contribution in [1.29, 1.82) is 0 Å². The van der Waals surface area contributed by atoms with Gasteiger partial charge in [0, 0.05) is 23.6 Å². The van der Waals surface area contributed by atoms with Gasteiger partial charge in [0.2, 0.25) is 11.8 Å². The van der Waals surface area contributed by atoms with Gasteiger partial charge in [-0.1, -0.05) is 31.2 Å². The molecule has 150 valence electrons. The molecule has 0 fully saturated rings. The van der Waals surface area contributed by atoms with E-state index >= 15 is 0 Å². The topological polar surface area (TPSA) is 58.6 Å². The fourth-order valence-corrected chi connectivity index (χ4v) is 3.52. The zero-order valence-corrected chi connectivity index (χ0v) is 16.9. The molecule has 0 aromatic heterocycles. The Bertz CT molecular complexity index is 801. The fourth-order valence-electron chi connectivity index (χ4n) is 2.64. The smallest absolute Gasteiger partial charge is 0.244 e. The Balaban J connectivity index is 1.89. The summed E-state index contributed by atoms with van der Waals surface area (Å²) in [4.78, 5) is 27.0. The first-order valence-corrected chi connectivity index (χ1v) is 10.1. The molecule has 2 aromatic rings. The first kappa shape index (κ1) is 21.8. The molecule has 0 aliphatic carbocycles. The molecule has 0 aliphatic rings. The lowest BCUT2D eigenvalue weighted by Gasteiger charge is -2.22. The van der Waals surface area contributed by atoms with Crippen molar-refractivity contribution in [3.8, 4) is 5.75 Å². The third-order valence-corrected chi connectivity index (χ3v) is 5.02. The maximum atomic E-state index is 13.7. The zero-order valence-electron chi connectivity index (χ0n) is 16.1. The standard InChI is InChI=1S/C21H25FN2O3S/c1-3-13-24(15-20(25)23-17-9-5-6-10-18(17)27-2)21(26)12-14-28-19-11-7-4-8-16(19)22/h4-11H,3,12-15H2,1-2H3,(H,23,25). The lowest BCUT2D eigenvalue weighted by Crippen LogP contribution is -2.38. The second kappa shape index (κ2) is 11.3. The Labute approximate surface area is 169 Å². The summed E-state index contributed by atoms with van der Waals surface area (Å²) in [6.45, 7) is 2.41. The molecule has 0 unspecified atom stereocenters. The Hall–Kier alpha value is -2.54. The van der Waals surface area contributed by atoms with Crippen LogP contribution in [0.2, 0.25) is 0 Å². The number of benzene rings is 2. The summed E-state index contributed by atoms with van der Waals surface area (Å²) in [6.07, 6.45) is 0.981. The predicted molar refractivity (Wildman–Crippen MR) is 110 cm³/mol. The molecule has 0 saturated heterocycles. The van der Waals surface area contributed by atoms with E-state index in [0.717, 1.165) is 6.42 Å². The summed E-state index contributed by atoms with van der Waals surface area (Å²) in [5.41, 5.74) is 0.564. The summed E-state index contributed by atoms with van der Waals surface area (Å²) >= 11 is 1.30. The second-order valence-corrected chi connectivity index (χ2v) is 7.23. The Morgan fingerprint density at radius 3 is 2.57 bits per heavy atom. The van der Waals surface area contributed by atoms with E-state index in [1.165, 1.54) is 29.8 Å². The number of carbonyl (C=O) groups is 2. The molecule has 5 nitrogen and oxygen atoms in total. The van der Waals surface area contributed by atoms with Crippen LogP contribution in [-0.4, -0.2) is 42.7 Å². The molecule has 28 heavy (non-hydrogen) atoms. The summed E-state index contributed by atoms with van der Waals surface area (Å²) < 4.78 is 18.9. The fraction of sp³-hybridized carbons (Fsp3) is 0.333. The number of hydrogen-bond donors (Lipinski definition) is 1. The van der Waals surface area contributed by atoms with E-state index in [-0.39, 0.29) is 30.6 Å². The third-order valence-electron chi connectivity index (χ3n) is 3.97. The molecule has 0 bridgehead atoms. The predicted octanol–water partition coefficient (Wildman–Crippen LogP) is 4.19. The normalized spacial score (nSPS) is 10.4. The van der Waals surface area contributed by atoms with Gasteiger partial charge in [0.05, 0.1) is 19.3 Å². The van der Waals surface area contributed by atoms with Gasteiger partial charge in [-0.15, -0.1) is 11.8 Å². The number of ether oxygens (including phenoxy) is 1. The first-order valence-electron chi connectivity index (χ1n) is 9.13. The van der Waals surface area contributed by atoms with Gasteiger partial charge in [-0.05, 0) is 30.7 Å². The maximum Gasteiger partial charge on any atom is 0.244 e. The molecular weight excluding hydrogens is 379 g/mol. The number of halogens is 1. The number of hydrogen-bond acceptors (Lipinski definition) is 4. The van der Waals surface area contributed by atoms with E-state index < -0.39 is 0 Å². The molecular formula is C21H25FN2O3S. The highest BCUT2D eigenvalue weighted by molar-refractivity contribution is 7.99. The first-order chi connectivity index (χ1) is 13.5. The van der Waals surface area contributed by atoms with Gasteiger partial charge in [0.15, 0.2) is 0 Å². The molecule has 0 atom stereocenters. The van der Waals surface area contributed by atoms with Crippen LogP contribution < -0.4 is 10.1 Å². The number of nitrogens with one attached hydrogen (secondary N) is 1. The molecule has 0 saturated carbocycles. The molecule has 2 rings (SSSR count). The number of nitrogens with zero attached hydrogens (tertiary/aromatic N) is 1. The largest absolute Gasteiger partial charge is 0.495 e. The van der Waals surface area contributed by atoms with E-state index in [1.807, 2.05) is 13.0 Å². The van der Waals surface area contributed by atoms with E-state index in [0.29, 0.717) is 28.6 Å². The number of anilines is 1. The molecule has 0 spiro atoms. The van der Waals surface area contributed by atoms with Crippen LogP contribution in [0.15, 0.2) is 53.4 Å². The minimum absolute atomic E-state index is 0.0327. The van der Waals surface area contributed by atoms with E-state index in [9.17, 15) is 14.0 Å². The SMILES string of the molecule is CCCN(CC(=O)Nc1ccccc1OC)C(=O)CCSc1ccccc1F. The summed E-state index contributed by atoms with van der Waals surface area (Å²) in [7, 11) is 1.53. The summed E-state index contributed by atoms with van der Waals surface area (Å²) in [5.74, 6) is 0.315. The Morgan fingerprint density at radius 1 is 1.14 bits per heavy atom. The van der Waals surface area contributed by atoms with Crippen molar-refractivity contribution in [3.63, 3.8) is 0 Å². The summed E-state index contributed by atoms with van der Waals surface area (Å²) in [5, 5.41) is 2.78. The number of rotatable bonds is 10. The van der Waals surface area contributed by atoms with Crippen LogP contribution in [0, 0.1) is 5.82 Å². The highest BCUT2D eigenvalue weighted by atomic mass is 32.2. The average Bonchev–Trinajstić information content (AvgIpc) is 2.69. The van der Waals surface area contributed by atoms with Crippen LogP contribution in [0.5, 0.6) is 5.75 Å². The minimum Gasteiger partial charge on any atom is -0.495 e. The Kier molecular flexibility index (Phi) is 8.81. The van der Waals surface area contributed by atoms with Gasteiger partial charge in [-0.25, -0.2) is 4.39 Å². The van der Waals surface area contributed by atoms with Crippen LogP contribution in [-0.2, 0) is 9.59 Å². The third kappa shape index (κ3) is 6.56. The second-order valence-electron chi connectivity index (χ2n) is 6.09. The van der Waals surface area contributed by atoms with Crippen molar-refractivity contribution >= 4 is 29.3 Å². The molecule has 0 aliphatic heterocycles. The van der Waals surface area contributed by atoms with Gasteiger partial charge in [0.25, 0.3) is 0 Å². The zero-order chi connectivity index (χ0) is 20.4. The molecule has 2 aromatic carbocycles. The van der Waals surface area contributed by atoms with Crippen LogP contribution in [0.4, 0.5) is 10.1 Å². The van der Waals surface area contributed by atoms with Gasteiger partial charge in [-0.2, -0.15) is 0 Å². The molecule has 0 heterocycles. The number of amides is 2. The highest BCUT2D eigenvalue weighted by Gasteiger charge is 2.17. The molecule has 2 amide bonds. The van der Waals surface area contributed by atoms with Crippen LogP contribution >= 0.6 is 11.8 Å². The summed E-state index contributed by atoms with van der Waals surface area (Å²) in [6, 6.07) is 13.6. The number of thioether (sulfide) groups is 1. The Morgan fingerprint density at radius 2 is 1.86 bits per heavy atom. The van der Waals surface area contributed by atoms with E-state index in [1.54, 1.807) is 36.4 Å². The van der Waals surface area contributed by atoms with Crippen molar-refractivity contribution < 1.29 is 18.7 Å². The average molecular weight is 405 g/mol. The molecule has 0 radical (unpaired) electrons. The van der Waals surface area contributed by atoms with E-state index in [2.05, 4.69) is 5.32 Å². The number of para-hydroxylation sites is 2. The highest BCUT2D eigenvalue weighted by Crippen LogP contribution is 2.23. The van der Waals surface area contributed by atoms with Crippen LogP contribution in [0.3, 0.4) is 0 Å². The van der Waals surface area contributed by atoms with Gasteiger partial charge < -0.3 is 15.0 Å². The number of methoxy groups -OCH3 is 1. The maximum absolute atomic E-state index is 13.7. The molecule has 7 heteroatoms. The lowest BCUT2D eigenvalue weighted by molar-refractivity contribution is -0.134. The minimum atomic E-state index is -0.290. The van der Waals surface area contributed by atoms with Crippen LogP contribution in [0.25, 0.3) is 0 Å². The van der Waals surface area contributed by atoms with Crippen molar-refractivity contribution in [2.24, 2.45) is 0 Å². The van der Waals surface area contributed by atoms with Crippen molar-refractivity contribution in [3.05, 3.63) is 54.3 Å². The van der Waals surface area contributed by atoms with E-state index in [4.69, 9.17) is 4.74 Å². The number of carbonyl (C=O) groups excluding carboxylic acids is 2. The monoisotopic (exact) mass is 404 g/mol. The van der Waals surface area contributed by atoms with Gasteiger partial charge >= 0.3 is 0 Å². The van der Waals surface area contributed by atoms with Gasteiger partial charge in [-0.3, -0.25) is 9.59 Å². The molecule has 1 N–H and O–H groups in total. The van der Waals surface area contributed by atoms with Crippen molar-refractivity contribution in [1.82, 2.24) is 4.90 Å². The lowest BCUT2D eigenvalue weighted by atomic mass is 10.3. The quantitative estimate of drug-likeness (QED) is 0.603. The van der Waals surface area contributed by atoms with Crippen LogP contribution in [0.1, 0.15) is 19.8 Å².